The highest BCUT2D eigenvalue weighted by atomic mass is 16.5. The van der Waals surface area contributed by atoms with E-state index in [0.29, 0.717) is 12.1 Å². The molecule has 0 bridgehead atoms. The van der Waals surface area contributed by atoms with Crippen molar-refractivity contribution in [1.29, 1.82) is 0 Å². The average molecular weight is 187 g/mol. The maximum Gasteiger partial charge on any atom is 0.0821 e. The molecule has 1 atom stereocenters. The van der Waals surface area contributed by atoms with Crippen LogP contribution in [0.25, 0.3) is 0 Å². The molecular formula is C10H21NO2. The normalized spacial score (nSPS) is 26.3. The molecule has 0 unspecified atom stereocenters. The van der Waals surface area contributed by atoms with Crippen LogP contribution in [0.4, 0.5) is 0 Å². The minimum absolute atomic E-state index is 0.300. The molecule has 1 saturated heterocycles. The molecule has 0 radical (unpaired) electrons. The maximum atomic E-state index is 5.66. The van der Waals surface area contributed by atoms with Crippen molar-refractivity contribution in [2.24, 2.45) is 0 Å². The molecule has 1 heterocycles. The molecule has 0 aromatic carbocycles. The SMILES string of the molecule is COC[C@H]1CCN(C(C)C)CCO1. The molecule has 0 aromatic heterocycles. The van der Waals surface area contributed by atoms with Crippen molar-refractivity contribution in [3.63, 3.8) is 0 Å². The Labute approximate surface area is 81.0 Å². The van der Waals surface area contributed by atoms with Crippen LogP contribution in [0.5, 0.6) is 0 Å². The summed E-state index contributed by atoms with van der Waals surface area (Å²) in [5, 5.41) is 0. The lowest BCUT2D eigenvalue weighted by Crippen LogP contribution is -2.33. The topological polar surface area (TPSA) is 21.7 Å². The van der Waals surface area contributed by atoms with Crippen LogP contribution < -0.4 is 0 Å². The highest BCUT2D eigenvalue weighted by Crippen LogP contribution is 2.09. The first-order valence-electron chi connectivity index (χ1n) is 5.08. The summed E-state index contributed by atoms with van der Waals surface area (Å²) in [5.41, 5.74) is 0. The van der Waals surface area contributed by atoms with Crippen molar-refractivity contribution >= 4 is 0 Å². The zero-order chi connectivity index (χ0) is 9.68. The van der Waals surface area contributed by atoms with Gasteiger partial charge in [-0.3, -0.25) is 4.90 Å². The van der Waals surface area contributed by atoms with E-state index in [1.807, 2.05) is 0 Å². The minimum Gasteiger partial charge on any atom is -0.382 e. The van der Waals surface area contributed by atoms with Gasteiger partial charge in [-0.05, 0) is 20.3 Å². The van der Waals surface area contributed by atoms with Crippen LogP contribution in [0.3, 0.4) is 0 Å². The van der Waals surface area contributed by atoms with Crippen molar-refractivity contribution in [1.82, 2.24) is 4.90 Å². The van der Waals surface area contributed by atoms with Crippen molar-refractivity contribution in [2.75, 3.05) is 33.4 Å². The summed E-state index contributed by atoms with van der Waals surface area (Å²) in [6.45, 7) is 8.22. The third kappa shape index (κ3) is 3.63. The molecule has 0 aliphatic carbocycles. The Morgan fingerprint density at radius 3 is 2.85 bits per heavy atom. The van der Waals surface area contributed by atoms with Gasteiger partial charge in [0.05, 0.1) is 19.3 Å². The second-order valence-corrected chi connectivity index (χ2v) is 3.87. The summed E-state index contributed by atoms with van der Waals surface area (Å²) < 4.78 is 10.7. The third-order valence-corrected chi connectivity index (χ3v) is 2.55. The Morgan fingerprint density at radius 2 is 2.23 bits per heavy atom. The first-order valence-corrected chi connectivity index (χ1v) is 5.08. The zero-order valence-electron chi connectivity index (χ0n) is 8.95. The van der Waals surface area contributed by atoms with Crippen molar-refractivity contribution in [3.05, 3.63) is 0 Å². The summed E-state index contributed by atoms with van der Waals surface area (Å²) in [5.74, 6) is 0. The number of hydrogen-bond donors (Lipinski definition) is 0. The lowest BCUT2D eigenvalue weighted by molar-refractivity contribution is 0.00498. The average Bonchev–Trinajstić information content (AvgIpc) is 2.30. The highest BCUT2D eigenvalue weighted by molar-refractivity contribution is 4.70. The van der Waals surface area contributed by atoms with E-state index in [4.69, 9.17) is 9.47 Å². The number of rotatable bonds is 3. The summed E-state index contributed by atoms with van der Waals surface area (Å²) in [4.78, 5) is 2.45. The van der Waals surface area contributed by atoms with Gasteiger partial charge in [0.1, 0.15) is 0 Å². The van der Waals surface area contributed by atoms with Crippen LogP contribution >= 0.6 is 0 Å². The smallest absolute Gasteiger partial charge is 0.0821 e. The van der Waals surface area contributed by atoms with Crippen LogP contribution in [-0.4, -0.2) is 50.5 Å². The fraction of sp³-hybridized carbons (Fsp3) is 1.00. The quantitative estimate of drug-likeness (QED) is 0.661. The van der Waals surface area contributed by atoms with Gasteiger partial charge in [-0.2, -0.15) is 0 Å². The monoisotopic (exact) mass is 187 g/mol. The van der Waals surface area contributed by atoms with Crippen LogP contribution in [-0.2, 0) is 9.47 Å². The van der Waals surface area contributed by atoms with E-state index in [0.717, 1.165) is 32.7 Å². The molecule has 1 fully saturated rings. The summed E-state index contributed by atoms with van der Waals surface area (Å²) in [6.07, 6.45) is 1.39. The number of hydrogen-bond acceptors (Lipinski definition) is 3. The number of nitrogens with zero attached hydrogens (tertiary/aromatic N) is 1. The molecule has 78 valence electrons. The molecule has 3 nitrogen and oxygen atoms in total. The maximum absolute atomic E-state index is 5.66. The Balaban J connectivity index is 2.30. The van der Waals surface area contributed by atoms with E-state index in [2.05, 4.69) is 18.7 Å². The fourth-order valence-electron chi connectivity index (χ4n) is 1.68. The Kier molecular flexibility index (Phi) is 4.70. The Morgan fingerprint density at radius 1 is 1.46 bits per heavy atom. The first-order chi connectivity index (χ1) is 6.24. The fourth-order valence-corrected chi connectivity index (χ4v) is 1.68. The molecule has 0 saturated carbocycles. The molecule has 3 heteroatoms. The largest absolute Gasteiger partial charge is 0.382 e. The van der Waals surface area contributed by atoms with E-state index < -0.39 is 0 Å². The second-order valence-electron chi connectivity index (χ2n) is 3.87. The Bertz CT molecular complexity index is 139. The van der Waals surface area contributed by atoms with Gasteiger partial charge in [-0.1, -0.05) is 0 Å². The number of ether oxygens (including phenoxy) is 2. The molecule has 0 N–H and O–H groups in total. The van der Waals surface area contributed by atoms with E-state index in [9.17, 15) is 0 Å². The number of methoxy groups -OCH3 is 1. The Hall–Kier alpha value is -0.120. The van der Waals surface area contributed by atoms with Gasteiger partial charge in [-0.15, -0.1) is 0 Å². The molecule has 1 rings (SSSR count). The van der Waals surface area contributed by atoms with Gasteiger partial charge in [0.15, 0.2) is 0 Å². The van der Waals surface area contributed by atoms with Gasteiger partial charge in [0.2, 0.25) is 0 Å². The molecule has 1 aliphatic rings. The van der Waals surface area contributed by atoms with E-state index in [1.54, 1.807) is 7.11 Å². The van der Waals surface area contributed by atoms with Gasteiger partial charge in [-0.25, -0.2) is 0 Å². The summed E-state index contributed by atoms with van der Waals surface area (Å²) >= 11 is 0. The van der Waals surface area contributed by atoms with E-state index >= 15 is 0 Å². The highest BCUT2D eigenvalue weighted by Gasteiger charge is 2.18. The van der Waals surface area contributed by atoms with Crippen molar-refractivity contribution in [3.8, 4) is 0 Å². The van der Waals surface area contributed by atoms with Crippen LogP contribution in [0.1, 0.15) is 20.3 Å². The van der Waals surface area contributed by atoms with E-state index in [1.165, 1.54) is 0 Å². The molecule has 0 spiro atoms. The first kappa shape index (κ1) is 11.0. The van der Waals surface area contributed by atoms with Gasteiger partial charge in [0, 0.05) is 26.2 Å². The third-order valence-electron chi connectivity index (χ3n) is 2.55. The van der Waals surface area contributed by atoms with Gasteiger partial charge in [0.25, 0.3) is 0 Å². The van der Waals surface area contributed by atoms with Crippen molar-refractivity contribution in [2.45, 2.75) is 32.4 Å². The lowest BCUT2D eigenvalue weighted by atomic mass is 10.2. The predicted octanol–water partition coefficient (Wildman–Crippen LogP) is 1.13. The lowest BCUT2D eigenvalue weighted by Gasteiger charge is -2.23. The molecular weight excluding hydrogens is 166 g/mol. The van der Waals surface area contributed by atoms with Gasteiger partial charge >= 0.3 is 0 Å². The standard InChI is InChI=1S/C10H21NO2/c1-9(2)11-5-4-10(8-12-3)13-7-6-11/h9-10H,4-8H2,1-3H3/t10-/m1/s1. The summed E-state index contributed by atoms with van der Waals surface area (Å²) in [7, 11) is 1.73. The summed E-state index contributed by atoms with van der Waals surface area (Å²) in [6, 6.07) is 0.630. The van der Waals surface area contributed by atoms with Crippen LogP contribution in [0.15, 0.2) is 0 Å². The van der Waals surface area contributed by atoms with Crippen molar-refractivity contribution < 1.29 is 9.47 Å². The molecule has 0 amide bonds. The molecule has 13 heavy (non-hydrogen) atoms. The molecule has 1 aliphatic heterocycles. The van der Waals surface area contributed by atoms with Crippen LogP contribution in [0.2, 0.25) is 0 Å². The van der Waals surface area contributed by atoms with E-state index in [-0.39, 0.29) is 0 Å². The zero-order valence-corrected chi connectivity index (χ0v) is 8.95. The minimum atomic E-state index is 0.300. The second kappa shape index (κ2) is 5.58. The van der Waals surface area contributed by atoms with Crippen LogP contribution in [0, 0.1) is 0 Å². The van der Waals surface area contributed by atoms with Gasteiger partial charge < -0.3 is 9.47 Å². The molecule has 0 aromatic rings. The predicted molar refractivity (Wildman–Crippen MR) is 52.9 cm³/mol.